The molecular weight excluding hydrogens is 275 g/mol. The van der Waals surface area contributed by atoms with Crippen molar-refractivity contribution in [1.82, 2.24) is 10.2 Å². The maximum atomic E-state index is 13.4. The molecule has 0 radical (unpaired) electrons. The van der Waals surface area contributed by atoms with Crippen molar-refractivity contribution in [3.63, 3.8) is 0 Å². The summed E-state index contributed by atoms with van der Waals surface area (Å²) in [5, 5.41) is 3.41. The fourth-order valence-corrected chi connectivity index (χ4v) is 3.24. The van der Waals surface area contributed by atoms with Crippen molar-refractivity contribution in [3.8, 4) is 0 Å². The second-order valence-electron chi connectivity index (χ2n) is 5.53. The zero-order valence-electron chi connectivity index (χ0n) is 11.6. The normalized spacial score (nSPS) is 23.6. The Labute approximate surface area is 122 Å². The average molecular weight is 294 g/mol. The molecular formula is C15H19FN2OS. The van der Waals surface area contributed by atoms with Crippen molar-refractivity contribution in [3.05, 3.63) is 35.6 Å². The first-order valence-electron chi connectivity index (χ1n) is 6.99. The van der Waals surface area contributed by atoms with Gasteiger partial charge in [-0.25, -0.2) is 4.39 Å². The van der Waals surface area contributed by atoms with Gasteiger partial charge in [-0.05, 0) is 49.0 Å². The lowest BCUT2D eigenvalue weighted by Gasteiger charge is -2.24. The molecule has 0 aromatic heterocycles. The lowest BCUT2D eigenvalue weighted by Crippen LogP contribution is -2.33. The Morgan fingerprint density at radius 2 is 2.30 bits per heavy atom. The highest BCUT2D eigenvalue weighted by Gasteiger charge is 2.59. The predicted molar refractivity (Wildman–Crippen MR) is 79.0 cm³/mol. The minimum atomic E-state index is -0.351. The molecule has 1 spiro atoms. The van der Waals surface area contributed by atoms with E-state index in [1.807, 2.05) is 11.0 Å². The number of thioether (sulfide) groups is 1. The molecule has 1 aromatic carbocycles. The number of nitrogens with zero attached hydrogens (tertiary/aromatic N) is 1. The maximum absolute atomic E-state index is 13.4. The molecule has 1 saturated heterocycles. The Bertz CT molecular complexity index is 518. The second kappa shape index (κ2) is 5.37. The number of halogens is 1. The van der Waals surface area contributed by atoms with Gasteiger partial charge in [0.05, 0.1) is 0 Å². The van der Waals surface area contributed by atoms with Gasteiger partial charge in [-0.15, -0.1) is 0 Å². The van der Waals surface area contributed by atoms with Gasteiger partial charge in [-0.1, -0.05) is 12.1 Å². The third-order valence-electron chi connectivity index (χ3n) is 4.06. The number of nitrogens with one attached hydrogen (secondary N) is 1. The Kier molecular flexibility index (Phi) is 3.73. The number of carbonyl (C=O) groups is 1. The summed E-state index contributed by atoms with van der Waals surface area (Å²) in [6.45, 7) is 0.732. The SMILES string of the molecule is CSCCCN1C(=O)C2(CC2)NC1c1cccc(F)c1. The lowest BCUT2D eigenvalue weighted by molar-refractivity contribution is -0.130. The van der Waals surface area contributed by atoms with E-state index in [1.165, 1.54) is 12.1 Å². The number of carbonyl (C=O) groups excluding carboxylic acids is 1. The summed E-state index contributed by atoms with van der Waals surface area (Å²) in [6, 6.07) is 6.55. The molecule has 2 aliphatic rings. The number of benzene rings is 1. The van der Waals surface area contributed by atoms with Crippen molar-refractivity contribution in [2.75, 3.05) is 18.6 Å². The highest BCUT2D eigenvalue weighted by Crippen LogP contribution is 2.45. The van der Waals surface area contributed by atoms with Crippen LogP contribution in [0.2, 0.25) is 0 Å². The van der Waals surface area contributed by atoms with Crippen LogP contribution < -0.4 is 5.32 Å². The molecule has 108 valence electrons. The molecule has 1 unspecified atom stereocenters. The largest absolute Gasteiger partial charge is 0.321 e. The molecule has 0 bridgehead atoms. The molecule has 5 heteroatoms. The summed E-state index contributed by atoms with van der Waals surface area (Å²) in [5.74, 6) is 0.970. The van der Waals surface area contributed by atoms with E-state index in [0.717, 1.165) is 37.1 Å². The predicted octanol–water partition coefficient (Wildman–Crippen LogP) is 2.54. The van der Waals surface area contributed by atoms with E-state index < -0.39 is 0 Å². The van der Waals surface area contributed by atoms with Crippen LogP contribution in [0.15, 0.2) is 24.3 Å². The molecule has 2 fully saturated rings. The molecule has 1 aromatic rings. The van der Waals surface area contributed by atoms with Crippen LogP contribution in [0, 0.1) is 5.82 Å². The number of amides is 1. The third kappa shape index (κ3) is 2.44. The van der Waals surface area contributed by atoms with Crippen LogP contribution in [0.4, 0.5) is 4.39 Å². The fraction of sp³-hybridized carbons (Fsp3) is 0.533. The standard InChI is InChI=1S/C15H19FN2OS/c1-20-9-3-8-18-13(11-4-2-5-12(16)10-11)17-15(6-7-15)14(18)19/h2,4-5,10,13,17H,3,6-9H2,1H3. The van der Waals surface area contributed by atoms with Crippen molar-refractivity contribution in [2.24, 2.45) is 0 Å². The van der Waals surface area contributed by atoms with Crippen molar-refractivity contribution in [2.45, 2.75) is 31.0 Å². The summed E-state index contributed by atoms with van der Waals surface area (Å²) in [6.07, 6.45) is 4.66. The molecule has 3 nitrogen and oxygen atoms in total. The summed E-state index contributed by atoms with van der Waals surface area (Å²) in [4.78, 5) is 14.4. The highest BCUT2D eigenvalue weighted by atomic mass is 32.2. The molecule has 1 atom stereocenters. The topological polar surface area (TPSA) is 32.3 Å². The molecule has 20 heavy (non-hydrogen) atoms. The van der Waals surface area contributed by atoms with Crippen LogP contribution in [0.25, 0.3) is 0 Å². The van der Waals surface area contributed by atoms with E-state index in [4.69, 9.17) is 0 Å². The first kappa shape index (κ1) is 13.9. The number of hydrogen-bond donors (Lipinski definition) is 1. The van der Waals surface area contributed by atoms with E-state index in [0.29, 0.717) is 0 Å². The van der Waals surface area contributed by atoms with Crippen LogP contribution in [-0.2, 0) is 4.79 Å². The third-order valence-corrected chi connectivity index (χ3v) is 4.75. The maximum Gasteiger partial charge on any atom is 0.244 e. The molecule has 1 aliphatic heterocycles. The van der Waals surface area contributed by atoms with Gasteiger partial charge in [-0.2, -0.15) is 11.8 Å². The zero-order valence-corrected chi connectivity index (χ0v) is 12.4. The monoisotopic (exact) mass is 294 g/mol. The van der Waals surface area contributed by atoms with Gasteiger partial charge in [0, 0.05) is 6.54 Å². The van der Waals surface area contributed by atoms with Gasteiger partial charge in [0.2, 0.25) is 5.91 Å². The summed E-state index contributed by atoms with van der Waals surface area (Å²) in [5.41, 5.74) is 0.488. The van der Waals surface area contributed by atoms with Crippen molar-refractivity contribution >= 4 is 17.7 Å². The van der Waals surface area contributed by atoms with Gasteiger partial charge in [0.15, 0.2) is 0 Å². The van der Waals surface area contributed by atoms with Gasteiger partial charge < -0.3 is 4.90 Å². The van der Waals surface area contributed by atoms with Crippen molar-refractivity contribution < 1.29 is 9.18 Å². The van der Waals surface area contributed by atoms with E-state index in [-0.39, 0.29) is 23.4 Å². The van der Waals surface area contributed by atoms with Gasteiger partial charge in [0.25, 0.3) is 0 Å². The Morgan fingerprint density at radius 1 is 1.50 bits per heavy atom. The van der Waals surface area contributed by atoms with E-state index in [9.17, 15) is 9.18 Å². The van der Waals surface area contributed by atoms with E-state index in [2.05, 4.69) is 11.6 Å². The van der Waals surface area contributed by atoms with Gasteiger partial charge >= 0.3 is 0 Å². The fourth-order valence-electron chi connectivity index (χ4n) is 2.83. The van der Waals surface area contributed by atoms with E-state index >= 15 is 0 Å². The first-order chi connectivity index (χ1) is 9.66. The number of rotatable bonds is 5. The lowest BCUT2D eigenvalue weighted by atomic mass is 10.1. The minimum Gasteiger partial charge on any atom is -0.321 e. The Morgan fingerprint density at radius 3 is 2.95 bits per heavy atom. The second-order valence-corrected chi connectivity index (χ2v) is 6.51. The van der Waals surface area contributed by atoms with Crippen LogP contribution in [0.5, 0.6) is 0 Å². The smallest absolute Gasteiger partial charge is 0.244 e. The van der Waals surface area contributed by atoms with Gasteiger partial charge in [0.1, 0.15) is 17.5 Å². The first-order valence-corrected chi connectivity index (χ1v) is 8.39. The van der Waals surface area contributed by atoms with Crippen LogP contribution in [-0.4, -0.2) is 34.9 Å². The quantitative estimate of drug-likeness (QED) is 0.847. The summed E-state index contributed by atoms with van der Waals surface area (Å²) in [7, 11) is 0. The van der Waals surface area contributed by atoms with E-state index in [1.54, 1.807) is 17.8 Å². The molecule has 1 heterocycles. The highest BCUT2D eigenvalue weighted by molar-refractivity contribution is 7.98. The Balaban J connectivity index is 1.81. The Hall–Kier alpha value is -1.07. The summed E-state index contributed by atoms with van der Waals surface area (Å²) >= 11 is 1.78. The number of hydrogen-bond acceptors (Lipinski definition) is 3. The zero-order chi connectivity index (χ0) is 14.2. The van der Waals surface area contributed by atoms with Crippen LogP contribution >= 0.6 is 11.8 Å². The molecule has 1 amide bonds. The van der Waals surface area contributed by atoms with Crippen LogP contribution in [0.1, 0.15) is 31.0 Å². The molecule has 3 rings (SSSR count). The van der Waals surface area contributed by atoms with Crippen LogP contribution in [0.3, 0.4) is 0 Å². The molecule has 1 saturated carbocycles. The summed E-state index contributed by atoms with van der Waals surface area (Å²) < 4.78 is 13.4. The molecule has 1 aliphatic carbocycles. The average Bonchev–Trinajstić information content (AvgIpc) is 3.16. The van der Waals surface area contributed by atoms with Crippen molar-refractivity contribution in [1.29, 1.82) is 0 Å². The van der Waals surface area contributed by atoms with Gasteiger partial charge in [-0.3, -0.25) is 10.1 Å². The minimum absolute atomic E-state index is 0.178. The molecule has 1 N–H and O–H groups in total.